The van der Waals surface area contributed by atoms with E-state index in [0.717, 1.165) is 74.4 Å². The topological polar surface area (TPSA) is 88.2 Å². The first-order valence-electron chi connectivity index (χ1n) is 18.4. The molecule has 2 aromatic carbocycles. The summed E-state index contributed by atoms with van der Waals surface area (Å²) in [5.74, 6) is 1.53. The SMILES string of the molecule is CC=O.CN(C)C(C)(C)C.COC1/C=C/CC(C)C(C)S(=O)NC(=O)c2ccc3c(c2)N(CC2CCC21)C[C@@]1(CCCc2cc(Cl)ccc21)CO3. The number of rotatable bonds is 1. The molecule has 6 unspecified atom stereocenters. The molecule has 1 fully saturated rings. The summed E-state index contributed by atoms with van der Waals surface area (Å²) >= 11 is 6.41. The number of amides is 1. The summed E-state index contributed by atoms with van der Waals surface area (Å²) in [6.45, 7) is 14.3. The zero-order chi connectivity index (χ0) is 37.5. The highest BCUT2D eigenvalue weighted by Crippen LogP contribution is 2.47. The summed E-state index contributed by atoms with van der Waals surface area (Å²) in [5, 5.41) is 0.589. The van der Waals surface area contributed by atoms with Crippen LogP contribution in [0.2, 0.25) is 5.02 Å². The van der Waals surface area contributed by atoms with E-state index in [2.05, 4.69) is 80.6 Å². The van der Waals surface area contributed by atoms with Crippen molar-refractivity contribution in [2.75, 3.05) is 45.8 Å². The Hall–Kier alpha value is -2.72. The van der Waals surface area contributed by atoms with Gasteiger partial charge in [0.2, 0.25) is 0 Å². The maximum Gasteiger partial charge on any atom is 0.263 e. The molecule has 1 saturated carbocycles. The Morgan fingerprint density at radius 3 is 2.47 bits per heavy atom. The van der Waals surface area contributed by atoms with Gasteiger partial charge in [-0.25, -0.2) is 4.21 Å². The molecular formula is C41H60ClN3O5S. The summed E-state index contributed by atoms with van der Waals surface area (Å²) in [7, 11) is 4.47. The molecule has 2 aliphatic carbocycles. The first-order valence-corrected chi connectivity index (χ1v) is 20.0. The van der Waals surface area contributed by atoms with E-state index in [4.69, 9.17) is 25.9 Å². The first kappa shape index (κ1) is 41.0. The minimum absolute atomic E-state index is 0.0508. The molecule has 2 aromatic rings. The number of nitrogens with zero attached hydrogens (tertiary/aromatic N) is 2. The highest BCUT2D eigenvalue weighted by molar-refractivity contribution is 7.84. The van der Waals surface area contributed by atoms with Crippen LogP contribution in [-0.4, -0.2) is 79.1 Å². The Morgan fingerprint density at radius 2 is 1.84 bits per heavy atom. The molecule has 1 spiro atoms. The number of ether oxygens (including phenoxy) is 2. The number of benzene rings is 2. The fraction of sp³-hybridized carbons (Fsp3) is 0.610. The zero-order valence-electron chi connectivity index (χ0n) is 32.2. The number of hydrogen-bond donors (Lipinski definition) is 1. The highest BCUT2D eigenvalue weighted by atomic mass is 35.5. The second kappa shape index (κ2) is 17.9. The Balaban J connectivity index is 0.000000516. The fourth-order valence-electron chi connectivity index (χ4n) is 7.26. The lowest BCUT2D eigenvalue weighted by Gasteiger charge is -2.46. The van der Waals surface area contributed by atoms with Crippen molar-refractivity contribution in [1.29, 1.82) is 0 Å². The van der Waals surface area contributed by atoms with E-state index in [1.165, 1.54) is 18.1 Å². The molecule has 10 heteroatoms. The Bertz CT molecular complexity index is 1560. The van der Waals surface area contributed by atoms with Crippen molar-refractivity contribution in [2.24, 2.45) is 17.8 Å². The van der Waals surface area contributed by atoms with Crippen molar-refractivity contribution in [3.8, 4) is 5.75 Å². The summed E-state index contributed by atoms with van der Waals surface area (Å²) in [6, 6.07) is 12.0. The largest absolute Gasteiger partial charge is 0.490 e. The average Bonchev–Trinajstić information content (AvgIpc) is 3.22. The summed E-state index contributed by atoms with van der Waals surface area (Å²) in [6.07, 6.45) is 11.4. The zero-order valence-corrected chi connectivity index (χ0v) is 33.7. The number of carbonyl (C=O) groups excluding carboxylic acids is 2. The van der Waals surface area contributed by atoms with Crippen molar-refractivity contribution in [3.05, 3.63) is 70.3 Å². The van der Waals surface area contributed by atoms with E-state index in [9.17, 15) is 9.00 Å². The van der Waals surface area contributed by atoms with Gasteiger partial charge < -0.3 is 24.1 Å². The predicted octanol–water partition coefficient (Wildman–Crippen LogP) is 7.78. The first-order chi connectivity index (χ1) is 24.1. The number of anilines is 1. The molecule has 282 valence electrons. The number of halogens is 1. The van der Waals surface area contributed by atoms with Crippen LogP contribution >= 0.6 is 11.6 Å². The minimum Gasteiger partial charge on any atom is -0.490 e. The molecule has 4 aliphatic rings. The van der Waals surface area contributed by atoms with Crippen LogP contribution in [0.3, 0.4) is 0 Å². The van der Waals surface area contributed by atoms with E-state index in [1.54, 1.807) is 13.2 Å². The third kappa shape index (κ3) is 10.0. The van der Waals surface area contributed by atoms with Gasteiger partial charge in [-0.3, -0.25) is 9.52 Å². The molecule has 2 bridgehead atoms. The van der Waals surface area contributed by atoms with Crippen LogP contribution in [-0.2, 0) is 32.4 Å². The van der Waals surface area contributed by atoms with Crippen LogP contribution in [0.15, 0.2) is 48.6 Å². The number of methoxy groups -OCH3 is 1. The highest BCUT2D eigenvalue weighted by Gasteiger charge is 2.44. The molecule has 0 radical (unpaired) electrons. The molecule has 6 rings (SSSR count). The molecule has 1 N–H and O–H groups in total. The number of hydrogen-bond acceptors (Lipinski definition) is 7. The smallest absolute Gasteiger partial charge is 0.263 e. The second-order valence-electron chi connectivity index (χ2n) is 15.9. The molecule has 0 aromatic heterocycles. The minimum atomic E-state index is -1.50. The molecule has 7 atom stereocenters. The van der Waals surface area contributed by atoms with Crippen LogP contribution < -0.4 is 14.4 Å². The van der Waals surface area contributed by atoms with Gasteiger partial charge in [-0.2, -0.15) is 0 Å². The van der Waals surface area contributed by atoms with Crippen LogP contribution in [0.4, 0.5) is 5.69 Å². The van der Waals surface area contributed by atoms with Crippen molar-refractivity contribution < 1.29 is 23.3 Å². The van der Waals surface area contributed by atoms with E-state index in [-0.39, 0.29) is 28.6 Å². The number of nitrogens with one attached hydrogen (secondary N) is 1. The van der Waals surface area contributed by atoms with Gasteiger partial charge >= 0.3 is 0 Å². The normalized spacial score (nSPS) is 29.6. The molecule has 2 heterocycles. The average molecular weight is 742 g/mol. The predicted molar refractivity (Wildman–Crippen MR) is 210 cm³/mol. The Morgan fingerprint density at radius 1 is 1.14 bits per heavy atom. The maximum atomic E-state index is 13.3. The molecule has 0 saturated heterocycles. The van der Waals surface area contributed by atoms with Crippen LogP contribution in [0.1, 0.15) is 95.1 Å². The number of aryl methyl sites for hydroxylation is 1. The van der Waals surface area contributed by atoms with E-state index in [1.807, 2.05) is 25.1 Å². The van der Waals surface area contributed by atoms with Crippen molar-refractivity contribution in [2.45, 2.75) is 102 Å². The monoisotopic (exact) mass is 741 g/mol. The van der Waals surface area contributed by atoms with Crippen LogP contribution in [0.25, 0.3) is 0 Å². The molecule has 8 nitrogen and oxygen atoms in total. The fourth-order valence-corrected chi connectivity index (χ4v) is 8.48. The van der Waals surface area contributed by atoms with E-state index < -0.39 is 11.0 Å². The van der Waals surface area contributed by atoms with Gasteiger partial charge in [0.1, 0.15) is 23.0 Å². The number of aldehydes is 1. The summed E-state index contributed by atoms with van der Waals surface area (Å²) in [5.41, 5.74) is 4.24. The van der Waals surface area contributed by atoms with Crippen molar-refractivity contribution in [3.63, 3.8) is 0 Å². The van der Waals surface area contributed by atoms with Gasteiger partial charge in [-0.1, -0.05) is 36.7 Å². The second-order valence-corrected chi connectivity index (χ2v) is 17.8. The lowest BCUT2D eigenvalue weighted by molar-refractivity contribution is -0.106. The van der Waals surface area contributed by atoms with Gasteiger partial charge in [0.05, 0.1) is 23.6 Å². The lowest BCUT2D eigenvalue weighted by atomic mass is 9.68. The van der Waals surface area contributed by atoms with Crippen LogP contribution in [0, 0.1) is 17.8 Å². The molecule has 51 heavy (non-hydrogen) atoms. The van der Waals surface area contributed by atoms with Crippen molar-refractivity contribution >= 4 is 40.5 Å². The van der Waals surface area contributed by atoms with Crippen molar-refractivity contribution in [1.82, 2.24) is 9.62 Å². The quantitative estimate of drug-likeness (QED) is 0.236. The van der Waals surface area contributed by atoms with E-state index >= 15 is 0 Å². The molecule has 2 aliphatic heterocycles. The van der Waals surface area contributed by atoms with E-state index in [0.29, 0.717) is 29.5 Å². The molecule has 1 amide bonds. The third-order valence-electron chi connectivity index (χ3n) is 11.4. The van der Waals surface area contributed by atoms with Gasteiger partial charge in [0.15, 0.2) is 0 Å². The Labute approximate surface area is 314 Å². The third-order valence-corrected chi connectivity index (χ3v) is 13.2. The van der Waals surface area contributed by atoms with Gasteiger partial charge in [0, 0.05) is 41.7 Å². The lowest BCUT2D eigenvalue weighted by Crippen LogP contribution is -2.49. The van der Waals surface area contributed by atoms with Gasteiger partial charge in [0.25, 0.3) is 5.91 Å². The summed E-state index contributed by atoms with van der Waals surface area (Å²) in [4.78, 5) is 26.8. The standard InChI is InChI=1S/C33H41ClN2O4S.C6H15N.C2H4O/c1-21-6-4-8-30(39-3)27-12-9-25(27)18-36-19-33(15-5-7-23-16-26(34)11-13-28(23)33)20-40-31-14-10-24(17-29(31)36)32(37)35-41(38)22(21)2;1-6(2,3)7(4)5;1-2-3/h4,8,10-11,13-14,16-17,21-22,25,27,30H,5-7,9,12,15,18-20H2,1-3H3,(H,35,37);1-5H3;2H,1H3/b8-4+;;/t21?,22?,25?,27?,30?,33-,41?;;/m0../s1. The number of allylic oxidation sites excluding steroid dienone is 1. The Kier molecular flexibility index (Phi) is 14.4. The molecular weight excluding hydrogens is 682 g/mol. The van der Waals surface area contributed by atoms with Crippen LogP contribution in [0.5, 0.6) is 5.75 Å². The maximum absolute atomic E-state index is 13.3. The van der Waals surface area contributed by atoms with Gasteiger partial charge in [-0.05, 0) is 146 Å². The number of carbonyl (C=O) groups is 2. The summed E-state index contributed by atoms with van der Waals surface area (Å²) < 4.78 is 28.5. The number of fused-ring (bicyclic) bond motifs is 4. The van der Waals surface area contributed by atoms with Gasteiger partial charge in [-0.15, -0.1) is 0 Å².